The number of hydrogen-bond acceptors (Lipinski definition) is 6. The van der Waals surface area contributed by atoms with Crippen LogP contribution in [0.3, 0.4) is 0 Å². The fourth-order valence-corrected chi connectivity index (χ4v) is 3.93. The molecule has 3 aromatic rings. The fraction of sp³-hybridized carbons (Fsp3) is 0.333. The molecule has 0 atom stereocenters. The van der Waals surface area contributed by atoms with Crippen LogP contribution in [0.5, 0.6) is 0 Å². The number of H-pyrrole nitrogens is 1. The number of fused-ring (bicyclic) bond motifs is 2. The number of nitrogens with one attached hydrogen (secondary N) is 3. The molecule has 0 spiro atoms. The first-order valence-corrected chi connectivity index (χ1v) is 10.1. The van der Waals surface area contributed by atoms with Crippen LogP contribution in [0.1, 0.15) is 31.2 Å². The van der Waals surface area contributed by atoms with Crippen LogP contribution in [0.4, 0.5) is 23.1 Å². The van der Waals surface area contributed by atoms with Gasteiger partial charge in [0.1, 0.15) is 18.0 Å². The van der Waals surface area contributed by atoms with Crippen molar-refractivity contribution in [1.82, 2.24) is 15.0 Å². The number of carboxylic acids is 1. The lowest BCUT2D eigenvalue weighted by Gasteiger charge is -2.28. The van der Waals surface area contributed by atoms with Crippen molar-refractivity contribution < 1.29 is 14.7 Å². The number of aromatic nitrogens is 3. The minimum Gasteiger partial charge on any atom is -0.480 e. The molecule has 1 aliphatic carbocycles. The number of carbonyl (C=O) groups is 2. The molecule has 0 saturated heterocycles. The highest BCUT2D eigenvalue weighted by molar-refractivity contribution is 6.00. The first-order valence-electron chi connectivity index (χ1n) is 10.1. The predicted molar refractivity (Wildman–Crippen MR) is 113 cm³/mol. The minimum atomic E-state index is -1.03. The van der Waals surface area contributed by atoms with Gasteiger partial charge in [-0.05, 0) is 55.5 Å². The zero-order chi connectivity index (χ0) is 20.7. The van der Waals surface area contributed by atoms with Crippen molar-refractivity contribution >= 4 is 46.1 Å². The monoisotopic (exact) mass is 406 g/mol. The van der Waals surface area contributed by atoms with Crippen LogP contribution in [0, 0.1) is 0 Å². The van der Waals surface area contributed by atoms with Crippen molar-refractivity contribution in [2.75, 3.05) is 22.1 Å². The summed E-state index contributed by atoms with van der Waals surface area (Å²) in [4.78, 5) is 37.0. The molecule has 0 bridgehead atoms. The van der Waals surface area contributed by atoms with Gasteiger partial charge in [-0.25, -0.2) is 0 Å². The highest BCUT2D eigenvalue weighted by Gasteiger charge is 2.26. The third kappa shape index (κ3) is 3.42. The summed E-state index contributed by atoms with van der Waals surface area (Å²) in [7, 11) is 0. The smallest absolute Gasteiger partial charge is 0.323 e. The number of aromatic amines is 1. The van der Waals surface area contributed by atoms with Gasteiger partial charge in [-0.2, -0.15) is 9.97 Å². The highest BCUT2D eigenvalue weighted by atomic mass is 16.4. The Kier molecular flexibility index (Phi) is 4.50. The Bertz CT molecular complexity index is 1140. The number of nitrogens with zero attached hydrogens (tertiary/aromatic N) is 3. The van der Waals surface area contributed by atoms with E-state index in [4.69, 9.17) is 5.11 Å². The molecule has 9 heteroatoms. The first-order chi connectivity index (χ1) is 14.6. The number of aryl methyl sites for hydroxylation is 1. The van der Waals surface area contributed by atoms with Crippen molar-refractivity contribution in [2.45, 2.75) is 38.1 Å². The summed E-state index contributed by atoms with van der Waals surface area (Å²) in [6, 6.07) is 7.93. The fourth-order valence-electron chi connectivity index (χ4n) is 3.93. The Morgan fingerprint density at radius 2 is 2.10 bits per heavy atom. The molecule has 9 nitrogen and oxygen atoms in total. The lowest BCUT2D eigenvalue weighted by atomic mass is 9.93. The molecule has 1 fully saturated rings. The second-order valence-electron chi connectivity index (χ2n) is 7.75. The lowest BCUT2D eigenvalue weighted by molar-refractivity contribution is -0.136. The molecule has 1 saturated carbocycles. The topological polar surface area (TPSA) is 123 Å². The van der Waals surface area contributed by atoms with Gasteiger partial charge in [0.2, 0.25) is 11.9 Å². The quantitative estimate of drug-likeness (QED) is 0.496. The van der Waals surface area contributed by atoms with Crippen LogP contribution in [0.2, 0.25) is 0 Å². The van der Waals surface area contributed by atoms with Crippen molar-refractivity contribution in [3.63, 3.8) is 0 Å². The second-order valence-corrected chi connectivity index (χ2v) is 7.75. The number of hydrogen-bond donors (Lipinski definition) is 4. The van der Waals surface area contributed by atoms with Crippen molar-refractivity contribution in [3.8, 4) is 0 Å². The van der Waals surface area contributed by atoms with Crippen LogP contribution in [-0.4, -0.2) is 44.5 Å². The van der Waals surface area contributed by atoms with Crippen molar-refractivity contribution in [2.24, 2.45) is 0 Å². The summed E-state index contributed by atoms with van der Waals surface area (Å²) in [6.45, 7) is -0.332. The molecule has 30 heavy (non-hydrogen) atoms. The number of benzene rings is 1. The van der Waals surface area contributed by atoms with E-state index in [9.17, 15) is 9.59 Å². The first kappa shape index (κ1) is 18.4. The molecule has 5 rings (SSSR count). The molecule has 2 aromatic heterocycles. The summed E-state index contributed by atoms with van der Waals surface area (Å²) < 4.78 is 0. The van der Waals surface area contributed by atoms with Gasteiger partial charge in [0.25, 0.3) is 0 Å². The van der Waals surface area contributed by atoms with E-state index in [2.05, 4.69) is 25.6 Å². The van der Waals surface area contributed by atoms with Gasteiger partial charge < -0.3 is 25.6 Å². The van der Waals surface area contributed by atoms with E-state index in [1.165, 1.54) is 11.3 Å². The maximum atomic E-state index is 12.1. The summed E-state index contributed by atoms with van der Waals surface area (Å²) in [6.07, 6.45) is 6.25. The molecule has 2 aliphatic rings. The number of amides is 1. The number of anilines is 4. The average Bonchev–Trinajstić information content (AvgIpc) is 3.15. The third-order valence-corrected chi connectivity index (χ3v) is 5.69. The maximum Gasteiger partial charge on any atom is 0.323 e. The van der Waals surface area contributed by atoms with Crippen molar-refractivity contribution in [3.05, 3.63) is 36.0 Å². The summed E-state index contributed by atoms with van der Waals surface area (Å²) in [5, 5.41) is 16.8. The molecular weight excluding hydrogens is 384 g/mol. The zero-order valence-corrected chi connectivity index (χ0v) is 16.3. The van der Waals surface area contributed by atoms with Crippen molar-refractivity contribution in [1.29, 1.82) is 0 Å². The van der Waals surface area contributed by atoms with Gasteiger partial charge >= 0.3 is 5.97 Å². The van der Waals surface area contributed by atoms with Gasteiger partial charge in [0.15, 0.2) is 0 Å². The number of carbonyl (C=O) groups excluding carboxylic acids is 1. The van der Waals surface area contributed by atoms with E-state index in [-0.39, 0.29) is 12.5 Å². The van der Waals surface area contributed by atoms with Gasteiger partial charge in [0.05, 0.1) is 5.39 Å². The number of carboxylic acid groups (broad SMARTS) is 1. The number of rotatable bonds is 6. The van der Waals surface area contributed by atoms with E-state index < -0.39 is 5.97 Å². The van der Waals surface area contributed by atoms with E-state index in [0.717, 1.165) is 40.9 Å². The predicted octanol–water partition coefficient (Wildman–Crippen LogP) is 3.03. The zero-order valence-electron chi connectivity index (χ0n) is 16.3. The average molecular weight is 406 g/mol. The Balaban J connectivity index is 1.43. The Hall–Kier alpha value is -3.62. The Morgan fingerprint density at radius 3 is 2.87 bits per heavy atom. The lowest BCUT2D eigenvalue weighted by Crippen LogP contribution is -2.38. The molecule has 0 radical (unpaired) electrons. The molecular formula is C21H22N6O3. The van der Waals surface area contributed by atoms with Gasteiger partial charge in [-0.3, -0.25) is 9.59 Å². The third-order valence-electron chi connectivity index (χ3n) is 5.69. The van der Waals surface area contributed by atoms with E-state index in [1.807, 2.05) is 24.4 Å². The van der Waals surface area contributed by atoms with E-state index in [1.54, 1.807) is 6.07 Å². The molecule has 0 unspecified atom stereocenters. The summed E-state index contributed by atoms with van der Waals surface area (Å²) in [5.74, 6) is 0.0843. The van der Waals surface area contributed by atoms with Gasteiger partial charge in [0, 0.05) is 30.0 Å². The van der Waals surface area contributed by atoms with E-state index in [0.29, 0.717) is 30.5 Å². The van der Waals surface area contributed by atoms with Crippen LogP contribution >= 0.6 is 0 Å². The molecule has 3 heterocycles. The van der Waals surface area contributed by atoms with Crippen LogP contribution < -0.4 is 15.5 Å². The van der Waals surface area contributed by atoms with Gasteiger partial charge in [-0.15, -0.1) is 0 Å². The standard InChI is InChI=1S/C21H22N6O3/c28-17-7-4-12-10-14(5-6-16(12)27(17)11-18(29)30)24-21-25-19-15(8-9-22-19)20(26-21)23-13-2-1-3-13/h5-6,8-10,13H,1-4,7,11H2,(H,29,30)(H3,22,23,24,25,26). The number of aliphatic carboxylic acids is 1. The minimum absolute atomic E-state index is 0.169. The van der Waals surface area contributed by atoms with Crippen LogP contribution in [0.25, 0.3) is 11.0 Å². The SMILES string of the molecule is O=C(O)CN1C(=O)CCc2cc(Nc3nc(NC4CCC4)c4cc[nH]c4n3)ccc21. The Morgan fingerprint density at radius 1 is 1.23 bits per heavy atom. The van der Waals surface area contributed by atoms with Gasteiger partial charge in [-0.1, -0.05) is 0 Å². The van der Waals surface area contributed by atoms with E-state index >= 15 is 0 Å². The summed E-state index contributed by atoms with van der Waals surface area (Å²) >= 11 is 0. The molecule has 1 aromatic carbocycles. The second kappa shape index (κ2) is 7.33. The molecule has 1 aliphatic heterocycles. The normalized spacial score (nSPS) is 16.3. The highest BCUT2D eigenvalue weighted by Crippen LogP contribution is 2.32. The Labute approximate surface area is 172 Å². The van der Waals surface area contributed by atoms with Crippen LogP contribution in [-0.2, 0) is 16.0 Å². The molecule has 1 amide bonds. The summed E-state index contributed by atoms with van der Waals surface area (Å²) in [5.41, 5.74) is 3.12. The van der Waals surface area contributed by atoms with Crippen LogP contribution in [0.15, 0.2) is 30.5 Å². The largest absolute Gasteiger partial charge is 0.480 e. The maximum absolute atomic E-state index is 12.1. The molecule has 154 valence electrons. The molecule has 4 N–H and O–H groups in total.